The van der Waals surface area contributed by atoms with Crippen molar-refractivity contribution in [1.29, 1.82) is 0 Å². The van der Waals surface area contributed by atoms with Gasteiger partial charge in [0.1, 0.15) is 0 Å². The van der Waals surface area contributed by atoms with Gasteiger partial charge in [-0.05, 0) is 110 Å². The third kappa shape index (κ3) is 2.42. The Labute approximate surface area is 156 Å². The molecule has 0 saturated carbocycles. The second kappa shape index (κ2) is 5.97. The summed E-state index contributed by atoms with van der Waals surface area (Å²) in [5, 5.41) is 0. The van der Waals surface area contributed by atoms with Crippen LogP contribution >= 0.6 is 0 Å². The van der Waals surface area contributed by atoms with Crippen LogP contribution in [0.2, 0.25) is 0 Å². The number of fused-ring (bicyclic) bond motifs is 4. The van der Waals surface area contributed by atoms with Gasteiger partial charge in [-0.15, -0.1) is 0 Å². The molecular formula is C24H28O2. The van der Waals surface area contributed by atoms with Gasteiger partial charge in [0.2, 0.25) is 0 Å². The topological polar surface area (TPSA) is 26.3 Å². The highest BCUT2D eigenvalue weighted by Gasteiger charge is 2.39. The SMILES string of the molecule is Cc1cc2c(c(C)c1C)-c1c(cc(C)c(C)c1C)C[C@@H]1C(=O)OC[C@@H]1C2. The van der Waals surface area contributed by atoms with Crippen LogP contribution in [0.3, 0.4) is 0 Å². The second-order valence-corrected chi connectivity index (χ2v) is 8.36. The lowest BCUT2D eigenvalue weighted by Gasteiger charge is -2.29. The van der Waals surface area contributed by atoms with Gasteiger partial charge in [0, 0.05) is 5.92 Å². The van der Waals surface area contributed by atoms with Gasteiger partial charge in [0.15, 0.2) is 0 Å². The van der Waals surface area contributed by atoms with Gasteiger partial charge >= 0.3 is 5.97 Å². The molecule has 0 amide bonds. The molecule has 2 aliphatic rings. The standard InChI is InChI=1S/C24H28O2/c1-12-7-18-9-20-11-26-24(25)21(20)10-19-8-13(2)15(4)17(6)23(19)22(18)16(5)14(12)3/h7-8,20-21H,9-11H2,1-6H3/t20-,21-/m0/s1. The van der Waals surface area contributed by atoms with Crippen molar-refractivity contribution in [3.63, 3.8) is 0 Å². The molecule has 0 radical (unpaired) electrons. The van der Waals surface area contributed by atoms with E-state index in [0.717, 1.165) is 12.8 Å². The average molecular weight is 348 g/mol. The van der Waals surface area contributed by atoms with Crippen molar-refractivity contribution in [3.05, 3.63) is 56.6 Å². The number of aryl methyl sites for hydroxylation is 2. The zero-order valence-electron chi connectivity index (χ0n) is 16.7. The minimum Gasteiger partial charge on any atom is -0.465 e. The zero-order valence-corrected chi connectivity index (χ0v) is 16.7. The number of benzene rings is 2. The van der Waals surface area contributed by atoms with Crippen molar-refractivity contribution in [2.75, 3.05) is 6.61 Å². The fraction of sp³-hybridized carbons (Fsp3) is 0.458. The largest absolute Gasteiger partial charge is 0.465 e. The molecule has 0 spiro atoms. The molecule has 1 fully saturated rings. The summed E-state index contributed by atoms with van der Waals surface area (Å²) in [6, 6.07) is 4.66. The Morgan fingerprint density at radius 2 is 1.27 bits per heavy atom. The molecule has 2 heteroatoms. The van der Waals surface area contributed by atoms with Crippen molar-refractivity contribution in [2.45, 2.75) is 54.4 Å². The lowest BCUT2D eigenvalue weighted by Crippen LogP contribution is -2.24. The molecule has 2 aromatic rings. The summed E-state index contributed by atoms with van der Waals surface area (Å²) in [7, 11) is 0. The quantitative estimate of drug-likeness (QED) is 0.620. The van der Waals surface area contributed by atoms with Crippen molar-refractivity contribution >= 4 is 5.97 Å². The molecule has 1 saturated heterocycles. The molecule has 0 unspecified atom stereocenters. The fourth-order valence-corrected chi connectivity index (χ4v) is 4.93. The Bertz CT molecular complexity index is 936. The summed E-state index contributed by atoms with van der Waals surface area (Å²) >= 11 is 0. The molecule has 2 nitrogen and oxygen atoms in total. The Kier molecular flexibility index (Phi) is 3.98. The summed E-state index contributed by atoms with van der Waals surface area (Å²) in [5.74, 6) is 0.268. The normalized spacial score (nSPS) is 21.4. The molecule has 136 valence electrons. The van der Waals surface area contributed by atoms with E-state index in [4.69, 9.17) is 4.74 Å². The molecule has 26 heavy (non-hydrogen) atoms. The number of esters is 1. The number of rotatable bonds is 0. The third-order valence-electron chi connectivity index (χ3n) is 6.97. The molecule has 1 heterocycles. The second-order valence-electron chi connectivity index (χ2n) is 8.36. The summed E-state index contributed by atoms with van der Waals surface area (Å²) in [5.41, 5.74) is 13.6. The molecule has 0 bridgehead atoms. The molecule has 2 atom stereocenters. The van der Waals surface area contributed by atoms with Gasteiger partial charge in [-0.25, -0.2) is 0 Å². The summed E-state index contributed by atoms with van der Waals surface area (Å²) in [6.45, 7) is 13.9. The monoisotopic (exact) mass is 348 g/mol. The van der Waals surface area contributed by atoms with E-state index >= 15 is 0 Å². The van der Waals surface area contributed by atoms with Crippen LogP contribution in [0.4, 0.5) is 0 Å². The lowest BCUT2D eigenvalue weighted by atomic mass is 9.74. The average Bonchev–Trinajstić information content (AvgIpc) is 2.91. The number of ether oxygens (including phenoxy) is 1. The molecule has 1 aliphatic heterocycles. The Balaban J connectivity index is 2.08. The van der Waals surface area contributed by atoms with Gasteiger partial charge in [-0.1, -0.05) is 12.1 Å². The summed E-state index contributed by atoms with van der Waals surface area (Å²) < 4.78 is 5.47. The first-order valence-corrected chi connectivity index (χ1v) is 9.66. The zero-order chi connectivity index (χ0) is 18.7. The Morgan fingerprint density at radius 1 is 0.769 bits per heavy atom. The number of hydrogen-bond acceptors (Lipinski definition) is 2. The Morgan fingerprint density at radius 3 is 1.81 bits per heavy atom. The van der Waals surface area contributed by atoms with Crippen LogP contribution in [0.15, 0.2) is 12.1 Å². The smallest absolute Gasteiger partial charge is 0.309 e. The minimum absolute atomic E-state index is 0.00896. The summed E-state index contributed by atoms with van der Waals surface area (Å²) in [6.07, 6.45) is 1.73. The van der Waals surface area contributed by atoms with Gasteiger partial charge in [0.25, 0.3) is 0 Å². The predicted molar refractivity (Wildman–Crippen MR) is 106 cm³/mol. The van der Waals surface area contributed by atoms with Crippen LogP contribution in [-0.4, -0.2) is 12.6 Å². The van der Waals surface area contributed by atoms with Crippen molar-refractivity contribution in [3.8, 4) is 11.1 Å². The van der Waals surface area contributed by atoms with E-state index in [9.17, 15) is 4.79 Å². The maximum absolute atomic E-state index is 12.4. The van der Waals surface area contributed by atoms with Crippen LogP contribution in [0, 0.1) is 53.4 Å². The highest BCUT2D eigenvalue weighted by atomic mass is 16.5. The first-order valence-electron chi connectivity index (χ1n) is 9.66. The van der Waals surface area contributed by atoms with Crippen molar-refractivity contribution in [2.24, 2.45) is 11.8 Å². The Hall–Kier alpha value is -2.09. The van der Waals surface area contributed by atoms with Crippen molar-refractivity contribution in [1.82, 2.24) is 0 Å². The van der Waals surface area contributed by atoms with Crippen molar-refractivity contribution < 1.29 is 9.53 Å². The number of cyclic esters (lactones) is 1. The van der Waals surface area contributed by atoms with Crippen LogP contribution in [0.5, 0.6) is 0 Å². The predicted octanol–water partition coefficient (Wildman–Crippen LogP) is 5.09. The van der Waals surface area contributed by atoms with E-state index in [-0.39, 0.29) is 17.8 Å². The first-order chi connectivity index (χ1) is 12.3. The highest BCUT2D eigenvalue weighted by molar-refractivity contribution is 5.82. The van der Waals surface area contributed by atoms with Gasteiger partial charge < -0.3 is 4.74 Å². The van der Waals surface area contributed by atoms with Gasteiger partial charge in [-0.2, -0.15) is 0 Å². The van der Waals surface area contributed by atoms with Crippen LogP contribution in [0.25, 0.3) is 11.1 Å². The number of hydrogen-bond donors (Lipinski definition) is 0. The lowest BCUT2D eigenvalue weighted by molar-refractivity contribution is -0.141. The third-order valence-corrected chi connectivity index (χ3v) is 6.97. The van der Waals surface area contributed by atoms with Crippen LogP contribution in [0.1, 0.15) is 44.5 Å². The molecular weight excluding hydrogens is 320 g/mol. The maximum Gasteiger partial charge on any atom is 0.309 e. The first kappa shape index (κ1) is 17.3. The van der Waals surface area contributed by atoms with E-state index in [2.05, 4.69) is 53.7 Å². The van der Waals surface area contributed by atoms with Crippen LogP contribution < -0.4 is 0 Å². The fourth-order valence-electron chi connectivity index (χ4n) is 4.93. The molecule has 1 aliphatic carbocycles. The highest BCUT2D eigenvalue weighted by Crippen LogP contribution is 2.44. The van der Waals surface area contributed by atoms with E-state index < -0.39 is 0 Å². The summed E-state index contributed by atoms with van der Waals surface area (Å²) in [4.78, 5) is 12.4. The molecule has 4 rings (SSSR count). The molecule has 0 N–H and O–H groups in total. The maximum atomic E-state index is 12.4. The molecule has 0 aromatic heterocycles. The van der Waals surface area contributed by atoms with Gasteiger partial charge in [-0.3, -0.25) is 4.79 Å². The number of carbonyl (C=O) groups is 1. The van der Waals surface area contributed by atoms with Crippen LogP contribution in [-0.2, 0) is 22.4 Å². The van der Waals surface area contributed by atoms with E-state index in [0.29, 0.717) is 6.61 Å². The van der Waals surface area contributed by atoms with E-state index in [1.54, 1.807) is 0 Å². The van der Waals surface area contributed by atoms with E-state index in [1.165, 1.54) is 55.6 Å². The van der Waals surface area contributed by atoms with E-state index in [1.807, 2.05) is 0 Å². The number of carbonyl (C=O) groups excluding carboxylic acids is 1. The molecule has 2 aromatic carbocycles. The van der Waals surface area contributed by atoms with Gasteiger partial charge in [0.05, 0.1) is 12.5 Å². The minimum atomic E-state index is -0.0131.